The third kappa shape index (κ3) is 3.89. The van der Waals surface area contributed by atoms with Gasteiger partial charge >= 0.3 is 5.97 Å². The molecule has 1 aliphatic heterocycles. The summed E-state index contributed by atoms with van der Waals surface area (Å²) < 4.78 is 0. The molecule has 0 radical (unpaired) electrons. The Morgan fingerprint density at radius 3 is 2.88 bits per heavy atom. The molecule has 0 aromatic carbocycles. The van der Waals surface area contributed by atoms with Crippen molar-refractivity contribution in [2.45, 2.75) is 19.9 Å². The molecule has 0 spiro atoms. The molecule has 2 atom stereocenters. The van der Waals surface area contributed by atoms with Crippen molar-refractivity contribution < 1.29 is 14.7 Å². The first kappa shape index (κ1) is 14.3. The van der Waals surface area contributed by atoms with Crippen LogP contribution < -0.4 is 5.32 Å². The Hall–Kier alpha value is -0.750. The zero-order valence-corrected chi connectivity index (χ0v) is 11.1. The van der Waals surface area contributed by atoms with Gasteiger partial charge < -0.3 is 15.3 Å². The fourth-order valence-corrected chi connectivity index (χ4v) is 2.84. The summed E-state index contributed by atoms with van der Waals surface area (Å²) in [5.41, 5.74) is 0. The SMILES string of the molecule is CCNCC(C)C(=O)N1CCSCC1C(=O)O. The number of carboxylic acids is 1. The third-order valence-electron chi connectivity index (χ3n) is 2.82. The number of thioether (sulfide) groups is 1. The molecule has 0 bridgehead atoms. The number of hydrogen-bond donors (Lipinski definition) is 2. The van der Waals surface area contributed by atoms with E-state index in [4.69, 9.17) is 5.11 Å². The van der Waals surface area contributed by atoms with Crippen molar-refractivity contribution in [1.29, 1.82) is 0 Å². The smallest absolute Gasteiger partial charge is 0.327 e. The molecule has 1 rings (SSSR count). The van der Waals surface area contributed by atoms with Crippen LogP contribution in [-0.2, 0) is 9.59 Å². The maximum atomic E-state index is 12.1. The largest absolute Gasteiger partial charge is 0.480 e. The number of carbonyl (C=O) groups is 2. The Labute approximate surface area is 106 Å². The van der Waals surface area contributed by atoms with Crippen molar-refractivity contribution in [1.82, 2.24) is 10.2 Å². The Morgan fingerprint density at radius 2 is 2.29 bits per heavy atom. The van der Waals surface area contributed by atoms with E-state index in [9.17, 15) is 9.59 Å². The van der Waals surface area contributed by atoms with E-state index in [0.717, 1.165) is 12.3 Å². The second-order valence-electron chi connectivity index (χ2n) is 4.17. The monoisotopic (exact) mass is 260 g/mol. The van der Waals surface area contributed by atoms with E-state index < -0.39 is 12.0 Å². The van der Waals surface area contributed by atoms with E-state index in [1.54, 1.807) is 11.8 Å². The number of aliphatic carboxylic acids is 1. The van der Waals surface area contributed by atoms with Gasteiger partial charge in [0.1, 0.15) is 6.04 Å². The average molecular weight is 260 g/mol. The van der Waals surface area contributed by atoms with E-state index in [-0.39, 0.29) is 11.8 Å². The summed E-state index contributed by atoms with van der Waals surface area (Å²) in [5.74, 6) is 0.193. The number of nitrogens with one attached hydrogen (secondary N) is 1. The van der Waals surface area contributed by atoms with Gasteiger partial charge in [-0.3, -0.25) is 4.79 Å². The molecule has 2 unspecified atom stereocenters. The Balaban J connectivity index is 2.61. The highest BCUT2D eigenvalue weighted by Crippen LogP contribution is 2.18. The van der Waals surface area contributed by atoms with Crippen LogP contribution in [0.5, 0.6) is 0 Å². The van der Waals surface area contributed by atoms with Gasteiger partial charge in [0.25, 0.3) is 0 Å². The molecule has 0 aromatic heterocycles. The molecule has 5 nitrogen and oxygen atoms in total. The van der Waals surface area contributed by atoms with Crippen LogP contribution in [0.3, 0.4) is 0 Å². The fraction of sp³-hybridized carbons (Fsp3) is 0.818. The molecule has 0 saturated carbocycles. The second kappa shape index (κ2) is 6.86. The highest BCUT2D eigenvalue weighted by atomic mass is 32.2. The number of nitrogens with zero attached hydrogens (tertiary/aromatic N) is 1. The quantitative estimate of drug-likeness (QED) is 0.742. The lowest BCUT2D eigenvalue weighted by Gasteiger charge is -2.34. The molecule has 1 fully saturated rings. The second-order valence-corrected chi connectivity index (χ2v) is 5.32. The van der Waals surface area contributed by atoms with Gasteiger partial charge in [0.2, 0.25) is 5.91 Å². The Kier molecular flexibility index (Phi) is 5.77. The lowest BCUT2D eigenvalue weighted by Crippen LogP contribution is -2.52. The summed E-state index contributed by atoms with van der Waals surface area (Å²) in [6, 6.07) is -0.662. The van der Waals surface area contributed by atoms with Crippen LogP contribution in [0, 0.1) is 5.92 Å². The molecule has 1 heterocycles. The van der Waals surface area contributed by atoms with Crippen LogP contribution >= 0.6 is 11.8 Å². The lowest BCUT2D eigenvalue weighted by molar-refractivity contribution is -0.150. The first-order valence-corrected chi connectivity index (χ1v) is 7.05. The fourth-order valence-electron chi connectivity index (χ4n) is 1.80. The zero-order chi connectivity index (χ0) is 12.8. The minimum absolute atomic E-state index is 0.0568. The summed E-state index contributed by atoms with van der Waals surface area (Å²) in [6.07, 6.45) is 0. The highest BCUT2D eigenvalue weighted by molar-refractivity contribution is 7.99. The highest BCUT2D eigenvalue weighted by Gasteiger charge is 2.34. The summed E-state index contributed by atoms with van der Waals surface area (Å²) >= 11 is 1.59. The van der Waals surface area contributed by atoms with Gasteiger partial charge in [0.05, 0.1) is 0 Å². The number of amides is 1. The summed E-state index contributed by atoms with van der Waals surface area (Å²) in [5, 5.41) is 12.2. The first-order chi connectivity index (χ1) is 8.07. The summed E-state index contributed by atoms with van der Waals surface area (Å²) in [6.45, 7) is 5.78. The van der Waals surface area contributed by atoms with Gasteiger partial charge in [-0.25, -0.2) is 4.79 Å². The molecular weight excluding hydrogens is 240 g/mol. The zero-order valence-electron chi connectivity index (χ0n) is 10.3. The maximum absolute atomic E-state index is 12.1. The molecule has 1 amide bonds. The molecule has 1 saturated heterocycles. The normalized spacial score (nSPS) is 22.2. The molecule has 17 heavy (non-hydrogen) atoms. The van der Waals surface area contributed by atoms with Gasteiger partial charge in [0, 0.05) is 30.5 Å². The molecule has 6 heteroatoms. The van der Waals surface area contributed by atoms with E-state index in [0.29, 0.717) is 18.8 Å². The standard InChI is InChI=1S/C11H20N2O3S/c1-3-12-6-8(2)10(14)13-4-5-17-7-9(13)11(15)16/h8-9,12H,3-7H2,1-2H3,(H,15,16). The minimum atomic E-state index is -0.902. The van der Waals surface area contributed by atoms with E-state index in [1.807, 2.05) is 13.8 Å². The van der Waals surface area contributed by atoms with Crippen LogP contribution in [0.15, 0.2) is 0 Å². The van der Waals surface area contributed by atoms with Crippen molar-refractivity contribution in [3.05, 3.63) is 0 Å². The van der Waals surface area contributed by atoms with Crippen LogP contribution in [0.25, 0.3) is 0 Å². The van der Waals surface area contributed by atoms with Crippen LogP contribution in [0.4, 0.5) is 0 Å². The van der Waals surface area contributed by atoms with Crippen molar-refractivity contribution in [2.24, 2.45) is 5.92 Å². The van der Waals surface area contributed by atoms with Gasteiger partial charge in [-0.05, 0) is 6.54 Å². The van der Waals surface area contributed by atoms with E-state index >= 15 is 0 Å². The van der Waals surface area contributed by atoms with Gasteiger partial charge in [0.15, 0.2) is 0 Å². The van der Waals surface area contributed by atoms with Gasteiger partial charge in [-0.15, -0.1) is 0 Å². The summed E-state index contributed by atoms with van der Waals surface area (Å²) in [4.78, 5) is 24.7. The van der Waals surface area contributed by atoms with Crippen molar-refractivity contribution >= 4 is 23.6 Å². The number of carbonyl (C=O) groups excluding carboxylic acids is 1. The van der Waals surface area contributed by atoms with Gasteiger partial charge in [-0.2, -0.15) is 11.8 Å². The minimum Gasteiger partial charge on any atom is -0.480 e. The lowest BCUT2D eigenvalue weighted by atomic mass is 10.1. The van der Waals surface area contributed by atoms with Gasteiger partial charge in [-0.1, -0.05) is 13.8 Å². The maximum Gasteiger partial charge on any atom is 0.327 e. The Bertz CT molecular complexity index is 286. The van der Waals surface area contributed by atoms with E-state index in [2.05, 4.69) is 5.32 Å². The van der Waals surface area contributed by atoms with Crippen LogP contribution in [-0.4, -0.2) is 59.1 Å². The van der Waals surface area contributed by atoms with Crippen molar-refractivity contribution in [3.63, 3.8) is 0 Å². The number of hydrogen-bond acceptors (Lipinski definition) is 4. The molecule has 98 valence electrons. The Morgan fingerprint density at radius 1 is 1.59 bits per heavy atom. The molecule has 0 aliphatic carbocycles. The molecule has 0 aromatic rings. The topological polar surface area (TPSA) is 69.6 Å². The third-order valence-corrected chi connectivity index (χ3v) is 3.84. The van der Waals surface area contributed by atoms with E-state index in [1.165, 1.54) is 4.90 Å². The number of rotatable bonds is 5. The molecular formula is C11H20N2O3S. The number of carboxylic acid groups (broad SMARTS) is 1. The average Bonchev–Trinajstić information content (AvgIpc) is 2.34. The predicted octanol–water partition coefficient (Wildman–Crippen LogP) is 0.261. The van der Waals surface area contributed by atoms with Crippen molar-refractivity contribution in [3.8, 4) is 0 Å². The predicted molar refractivity (Wildman–Crippen MR) is 68.2 cm³/mol. The first-order valence-electron chi connectivity index (χ1n) is 5.89. The summed E-state index contributed by atoms with van der Waals surface area (Å²) in [7, 11) is 0. The molecule has 2 N–H and O–H groups in total. The van der Waals surface area contributed by atoms with Crippen molar-refractivity contribution in [2.75, 3.05) is 31.1 Å². The van der Waals surface area contributed by atoms with Crippen LogP contribution in [0.2, 0.25) is 0 Å². The van der Waals surface area contributed by atoms with Crippen LogP contribution in [0.1, 0.15) is 13.8 Å². The molecule has 1 aliphatic rings.